The standard InChI is InChI=1S/C25H25Cl3N4O4/c1-25(2,3)36-24(34)15-12-31(13-15)30-23(33)20-22(35-4)21(14-5-7-16(26)8-6-14)32(29-20)19-10-9-17(27)11-18(19)28/h5-11,15H,12-13H2,1-4H3,(H,30,33). The molecular weight excluding hydrogens is 527 g/mol. The molecule has 3 aromatic rings. The molecule has 2 heterocycles. The van der Waals surface area contributed by atoms with Crippen molar-refractivity contribution in [3.8, 4) is 22.7 Å². The third kappa shape index (κ3) is 5.62. The van der Waals surface area contributed by atoms with E-state index >= 15 is 0 Å². The molecule has 0 aliphatic carbocycles. The van der Waals surface area contributed by atoms with Crippen LogP contribution < -0.4 is 10.2 Å². The number of carbonyl (C=O) groups excluding carboxylic acids is 2. The van der Waals surface area contributed by atoms with Crippen LogP contribution in [0.2, 0.25) is 15.1 Å². The average Bonchev–Trinajstić information content (AvgIpc) is 3.14. The van der Waals surface area contributed by atoms with Gasteiger partial charge in [0, 0.05) is 28.7 Å². The molecule has 11 heteroatoms. The smallest absolute Gasteiger partial charge is 0.312 e. The first kappa shape index (κ1) is 26.3. The Bertz CT molecular complexity index is 1300. The molecule has 0 saturated carbocycles. The lowest BCUT2D eigenvalue weighted by atomic mass is 10.0. The normalized spacial score (nSPS) is 14.3. The van der Waals surface area contributed by atoms with Crippen LogP contribution in [0.4, 0.5) is 0 Å². The molecule has 36 heavy (non-hydrogen) atoms. The van der Waals surface area contributed by atoms with Gasteiger partial charge in [0.1, 0.15) is 11.3 Å². The quantitative estimate of drug-likeness (QED) is 0.412. The Balaban J connectivity index is 1.65. The van der Waals surface area contributed by atoms with Crippen molar-refractivity contribution >= 4 is 46.7 Å². The molecule has 190 valence electrons. The van der Waals surface area contributed by atoms with E-state index in [-0.39, 0.29) is 23.3 Å². The predicted octanol–water partition coefficient (Wildman–Crippen LogP) is 5.43. The van der Waals surface area contributed by atoms with E-state index in [0.29, 0.717) is 45.1 Å². The Labute approximate surface area is 224 Å². The molecule has 1 aromatic heterocycles. The molecule has 0 atom stereocenters. The molecule has 1 aliphatic heterocycles. The topological polar surface area (TPSA) is 85.7 Å². The van der Waals surface area contributed by atoms with E-state index in [2.05, 4.69) is 10.5 Å². The largest absolute Gasteiger partial charge is 0.492 e. The molecule has 0 unspecified atom stereocenters. The number of rotatable bonds is 6. The van der Waals surface area contributed by atoms with Crippen LogP contribution in [0, 0.1) is 5.92 Å². The third-order valence-corrected chi connectivity index (χ3v) is 6.19. The lowest BCUT2D eigenvalue weighted by molar-refractivity contribution is -0.167. The minimum Gasteiger partial charge on any atom is -0.492 e. The minimum atomic E-state index is -0.568. The van der Waals surface area contributed by atoms with Gasteiger partial charge < -0.3 is 9.47 Å². The zero-order chi connectivity index (χ0) is 26.2. The lowest BCUT2D eigenvalue weighted by Gasteiger charge is -2.38. The maximum Gasteiger partial charge on any atom is 0.312 e. The highest BCUT2D eigenvalue weighted by atomic mass is 35.5. The number of hydrazine groups is 1. The Morgan fingerprint density at radius 1 is 1.03 bits per heavy atom. The zero-order valence-electron chi connectivity index (χ0n) is 20.1. The van der Waals surface area contributed by atoms with Gasteiger partial charge in [-0.3, -0.25) is 15.0 Å². The van der Waals surface area contributed by atoms with Gasteiger partial charge in [-0.2, -0.15) is 5.10 Å². The van der Waals surface area contributed by atoms with E-state index in [1.807, 2.05) is 20.8 Å². The predicted molar refractivity (Wildman–Crippen MR) is 139 cm³/mol. The summed E-state index contributed by atoms with van der Waals surface area (Å²) in [5, 5.41) is 7.56. The lowest BCUT2D eigenvalue weighted by Crippen LogP contribution is -2.59. The number of benzene rings is 2. The van der Waals surface area contributed by atoms with Gasteiger partial charge in [-0.15, -0.1) is 0 Å². The molecule has 1 N–H and O–H groups in total. The number of halogens is 3. The van der Waals surface area contributed by atoms with E-state index in [0.717, 1.165) is 0 Å². The summed E-state index contributed by atoms with van der Waals surface area (Å²) >= 11 is 18.7. The molecule has 0 bridgehead atoms. The van der Waals surface area contributed by atoms with Crippen molar-refractivity contribution in [3.05, 3.63) is 63.2 Å². The summed E-state index contributed by atoms with van der Waals surface area (Å²) in [6.07, 6.45) is 0. The summed E-state index contributed by atoms with van der Waals surface area (Å²) in [6.45, 7) is 6.11. The molecule has 2 aromatic carbocycles. The second-order valence-corrected chi connectivity index (χ2v) is 10.6. The number of ether oxygens (including phenoxy) is 2. The molecule has 1 amide bonds. The number of nitrogens with zero attached hydrogens (tertiary/aromatic N) is 3. The Morgan fingerprint density at radius 3 is 2.25 bits per heavy atom. The van der Waals surface area contributed by atoms with Crippen LogP contribution in [-0.2, 0) is 9.53 Å². The van der Waals surface area contributed by atoms with Gasteiger partial charge in [0.15, 0.2) is 11.4 Å². The molecule has 0 spiro atoms. The van der Waals surface area contributed by atoms with Crippen LogP contribution in [0.1, 0.15) is 31.3 Å². The van der Waals surface area contributed by atoms with Gasteiger partial charge in [0.05, 0.1) is 23.7 Å². The van der Waals surface area contributed by atoms with Crippen molar-refractivity contribution in [3.63, 3.8) is 0 Å². The zero-order valence-corrected chi connectivity index (χ0v) is 22.4. The summed E-state index contributed by atoms with van der Waals surface area (Å²) < 4.78 is 12.6. The maximum absolute atomic E-state index is 13.3. The summed E-state index contributed by atoms with van der Waals surface area (Å²) in [6, 6.07) is 12.0. The molecule has 1 aliphatic rings. The monoisotopic (exact) mass is 550 g/mol. The first-order chi connectivity index (χ1) is 17.0. The van der Waals surface area contributed by atoms with Crippen molar-refractivity contribution in [2.45, 2.75) is 26.4 Å². The van der Waals surface area contributed by atoms with Crippen LogP contribution in [0.5, 0.6) is 5.75 Å². The van der Waals surface area contributed by atoms with E-state index in [1.165, 1.54) is 11.8 Å². The van der Waals surface area contributed by atoms with Crippen LogP contribution in [0.3, 0.4) is 0 Å². The highest BCUT2D eigenvalue weighted by Gasteiger charge is 2.38. The number of aromatic nitrogens is 2. The number of methoxy groups -OCH3 is 1. The van der Waals surface area contributed by atoms with Crippen LogP contribution >= 0.6 is 34.8 Å². The van der Waals surface area contributed by atoms with E-state index in [9.17, 15) is 9.59 Å². The van der Waals surface area contributed by atoms with Gasteiger partial charge in [-0.25, -0.2) is 9.69 Å². The van der Waals surface area contributed by atoms with Crippen molar-refractivity contribution < 1.29 is 19.1 Å². The van der Waals surface area contributed by atoms with Crippen LogP contribution in [-0.4, -0.2) is 52.5 Å². The number of amides is 1. The molecule has 4 rings (SSSR count). The van der Waals surface area contributed by atoms with Crippen LogP contribution in [0.15, 0.2) is 42.5 Å². The van der Waals surface area contributed by atoms with E-state index < -0.39 is 11.5 Å². The van der Waals surface area contributed by atoms with Gasteiger partial charge in [0.2, 0.25) is 0 Å². The second-order valence-electron chi connectivity index (χ2n) is 9.32. The Morgan fingerprint density at radius 2 is 1.67 bits per heavy atom. The summed E-state index contributed by atoms with van der Waals surface area (Å²) in [5.41, 5.74) is 4.00. The first-order valence-corrected chi connectivity index (χ1v) is 12.3. The number of hydrogen-bond donors (Lipinski definition) is 1. The van der Waals surface area contributed by atoms with Crippen LogP contribution in [0.25, 0.3) is 16.9 Å². The number of nitrogens with one attached hydrogen (secondary N) is 1. The number of esters is 1. The minimum absolute atomic E-state index is 0.0502. The number of hydrogen-bond acceptors (Lipinski definition) is 6. The van der Waals surface area contributed by atoms with Crippen molar-refractivity contribution in [1.29, 1.82) is 0 Å². The number of carbonyl (C=O) groups is 2. The molecule has 0 radical (unpaired) electrons. The summed E-state index contributed by atoms with van der Waals surface area (Å²) in [7, 11) is 1.46. The summed E-state index contributed by atoms with van der Waals surface area (Å²) in [5.74, 6) is -0.850. The van der Waals surface area contributed by atoms with Crippen molar-refractivity contribution in [2.24, 2.45) is 5.92 Å². The SMILES string of the molecule is COc1c(C(=O)NN2CC(C(=O)OC(C)(C)C)C2)nn(-c2ccc(Cl)cc2Cl)c1-c1ccc(Cl)cc1. The van der Waals surface area contributed by atoms with Crippen molar-refractivity contribution in [2.75, 3.05) is 20.2 Å². The van der Waals surface area contributed by atoms with Gasteiger partial charge in [0.25, 0.3) is 5.91 Å². The molecule has 1 saturated heterocycles. The van der Waals surface area contributed by atoms with Gasteiger partial charge in [-0.1, -0.05) is 46.9 Å². The Kier molecular flexibility index (Phi) is 7.52. The van der Waals surface area contributed by atoms with E-state index in [1.54, 1.807) is 47.5 Å². The first-order valence-electron chi connectivity index (χ1n) is 11.1. The molecular formula is C25H25Cl3N4O4. The fraction of sp³-hybridized carbons (Fsp3) is 0.320. The Hall–Kier alpha value is -2.78. The van der Waals surface area contributed by atoms with Crippen molar-refractivity contribution in [1.82, 2.24) is 20.2 Å². The highest BCUT2D eigenvalue weighted by molar-refractivity contribution is 6.35. The third-order valence-electron chi connectivity index (χ3n) is 5.40. The molecule has 1 fully saturated rings. The summed E-state index contributed by atoms with van der Waals surface area (Å²) in [4.78, 5) is 25.5. The van der Waals surface area contributed by atoms with E-state index in [4.69, 9.17) is 44.3 Å². The fourth-order valence-corrected chi connectivity index (χ4v) is 4.35. The van der Waals surface area contributed by atoms with Gasteiger partial charge in [-0.05, 0) is 51.1 Å². The fourth-order valence-electron chi connectivity index (χ4n) is 3.73. The maximum atomic E-state index is 13.3. The molecule has 8 nitrogen and oxygen atoms in total. The highest BCUT2D eigenvalue weighted by Crippen LogP contribution is 2.38. The van der Waals surface area contributed by atoms with Gasteiger partial charge >= 0.3 is 5.97 Å². The average molecular weight is 552 g/mol. The second kappa shape index (κ2) is 10.3.